The fourth-order valence-electron chi connectivity index (χ4n) is 2.86. The van der Waals surface area contributed by atoms with Crippen molar-refractivity contribution in [1.82, 2.24) is 10.2 Å². The predicted molar refractivity (Wildman–Crippen MR) is 73.2 cm³/mol. The highest BCUT2D eigenvalue weighted by Crippen LogP contribution is 2.28. The molecule has 2 amide bonds. The van der Waals surface area contributed by atoms with Crippen molar-refractivity contribution in [2.75, 3.05) is 13.1 Å². The van der Waals surface area contributed by atoms with Gasteiger partial charge in [-0.2, -0.15) is 0 Å². The highest BCUT2D eigenvalue weighted by Gasteiger charge is 2.37. The number of hydrogen-bond donors (Lipinski definition) is 1. The van der Waals surface area contributed by atoms with Crippen molar-refractivity contribution >= 4 is 27.7 Å². The van der Waals surface area contributed by atoms with Gasteiger partial charge in [0.1, 0.15) is 6.04 Å². The maximum atomic E-state index is 12.4. The van der Waals surface area contributed by atoms with E-state index in [1.807, 2.05) is 0 Å². The molecule has 1 saturated heterocycles. The molecule has 5 heteroatoms. The first-order valence-corrected chi connectivity index (χ1v) is 7.28. The molecule has 1 heterocycles. The summed E-state index contributed by atoms with van der Waals surface area (Å²) < 4.78 is 0.730. The highest BCUT2D eigenvalue weighted by atomic mass is 79.9. The molecule has 4 nitrogen and oxygen atoms in total. The number of carbonyl (C=O) groups is 2. The first-order valence-electron chi connectivity index (χ1n) is 6.49. The number of nitrogens with zero attached hydrogens (tertiary/aromatic N) is 1. The van der Waals surface area contributed by atoms with Crippen LogP contribution in [-0.2, 0) is 9.59 Å². The third-order valence-electron chi connectivity index (χ3n) is 3.71. The van der Waals surface area contributed by atoms with E-state index in [9.17, 15) is 9.59 Å². The molecule has 2 aliphatic rings. The molecule has 2 rings (SSSR count). The quantitative estimate of drug-likeness (QED) is 0.863. The Morgan fingerprint density at radius 3 is 2.61 bits per heavy atom. The second-order valence-corrected chi connectivity index (χ2v) is 6.28. The minimum atomic E-state index is -0.321. The number of halogens is 1. The van der Waals surface area contributed by atoms with Crippen LogP contribution in [-0.4, -0.2) is 35.8 Å². The minimum absolute atomic E-state index is 0.0436. The van der Waals surface area contributed by atoms with E-state index < -0.39 is 0 Å². The molecule has 1 aliphatic carbocycles. The molecule has 1 saturated carbocycles. The van der Waals surface area contributed by atoms with Crippen molar-refractivity contribution in [1.29, 1.82) is 0 Å². The van der Waals surface area contributed by atoms with Crippen LogP contribution >= 0.6 is 15.9 Å². The molecular weight excluding hydrogens is 296 g/mol. The zero-order valence-electron chi connectivity index (χ0n) is 10.5. The lowest BCUT2D eigenvalue weighted by Crippen LogP contribution is -2.60. The zero-order valence-corrected chi connectivity index (χ0v) is 12.0. The van der Waals surface area contributed by atoms with Crippen LogP contribution in [0.2, 0.25) is 0 Å². The fraction of sp³-hybridized carbons (Fsp3) is 0.692. The fourth-order valence-corrected chi connectivity index (χ4v) is 3.16. The second-order valence-electron chi connectivity index (χ2n) is 5.15. The van der Waals surface area contributed by atoms with Crippen molar-refractivity contribution in [3.05, 3.63) is 11.1 Å². The van der Waals surface area contributed by atoms with Gasteiger partial charge in [-0.15, -0.1) is 0 Å². The van der Waals surface area contributed by atoms with Gasteiger partial charge >= 0.3 is 0 Å². The first-order chi connectivity index (χ1) is 8.58. The van der Waals surface area contributed by atoms with Crippen molar-refractivity contribution in [2.24, 2.45) is 5.92 Å². The molecule has 0 radical (unpaired) electrons. The Labute approximate surface area is 116 Å². The normalized spacial score (nSPS) is 26.1. The van der Waals surface area contributed by atoms with E-state index in [-0.39, 0.29) is 24.4 Å². The van der Waals surface area contributed by atoms with Gasteiger partial charge < -0.3 is 10.2 Å². The van der Waals surface area contributed by atoms with Gasteiger partial charge in [0.15, 0.2) is 0 Å². The summed E-state index contributed by atoms with van der Waals surface area (Å²) in [5.74, 6) is 0.294. The van der Waals surface area contributed by atoms with E-state index in [1.54, 1.807) is 4.90 Å². The van der Waals surface area contributed by atoms with E-state index in [1.165, 1.54) is 6.42 Å². The van der Waals surface area contributed by atoms with Crippen LogP contribution in [0, 0.1) is 5.92 Å². The van der Waals surface area contributed by atoms with Crippen molar-refractivity contribution < 1.29 is 9.59 Å². The monoisotopic (exact) mass is 314 g/mol. The van der Waals surface area contributed by atoms with Crippen molar-refractivity contribution in [3.8, 4) is 0 Å². The third kappa shape index (κ3) is 3.13. The molecule has 0 aromatic rings. The molecular formula is C13H19BrN2O2. The maximum absolute atomic E-state index is 12.4. The average Bonchev–Trinajstić information content (AvgIpc) is 2.34. The largest absolute Gasteiger partial charge is 0.342 e. The molecule has 100 valence electrons. The first kappa shape index (κ1) is 13.6. The Bertz CT molecular complexity index is 362. The van der Waals surface area contributed by atoms with Gasteiger partial charge in [-0.05, 0) is 18.8 Å². The standard InChI is InChI=1S/C13H19BrN2O2/c1-9(14)7-16-8-11(17)15-12(13(16)18)10-5-3-2-4-6-10/h10,12H,1-8H2,(H,15,17). The zero-order chi connectivity index (χ0) is 13.1. The van der Waals surface area contributed by atoms with E-state index in [0.717, 1.165) is 30.2 Å². The van der Waals surface area contributed by atoms with Crippen LogP contribution in [0.25, 0.3) is 0 Å². The van der Waals surface area contributed by atoms with E-state index in [0.29, 0.717) is 12.5 Å². The summed E-state index contributed by atoms with van der Waals surface area (Å²) in [6.07, 6.45) is 5.65. The highest BCUT2D eigenvalue weighted by molar-refractivity contribution is 9.11. The predicted octanol–water partition coefficient (Wildman–Crippen LogP) is 1.80. The molecule has 18 heavy (non-hydrogen) atoms. The summed E-state index contributed by atoms with van der Waals surface area (Å²) in [6, 6.07) is -0.321. The average molecular weight is 315 g/mol. The Morgan fingerprint density at radius 1 is 1.33 bits per heavy atom. The molecule has 1 atom stereocenters. The van der Waals surface area contributed by atoms with Gasteiger partial charge in [0.05, 0.1) is 13.1 Å². The second kappa shape index (κ2) is 5.87. The topological polar surface area (TPSA) is 49.4 Å². The van der Waals surface area contributed by atoms with Crippen LogP contribution in [0.1, 0.15) is 32.1 Å². The third-order valence-corrected chi connectivity index (χ3v) is 3.96. The van der Waals surface area contributed by atoms with Crippen molar-refractivity contribution in [2.45, 2.75) is 38.1 Å². The van der Waals surface area contributed by atoms with E-state index >= 15 is 0 Å². The van der Waals surface area contributed by atoms with E-state index in [4.69, 9.17) is 0 Å². The number of amides is 2. The Kier molecular flexibility index (Phi) is 4.43. The molecule has 0 spiro atoms. The summed E-state index contributed by atoms with van der Waals surface area (Å²) in [5.41, 5.74) is 0. The van der Waals surface area contributed by atoms with Gasteiger partial charge in [0.25, 0.3) is 0 Å². The van der Waals surface area contributed by atoms with Crippen LogP contribution in [0.15, 0.2) is 11.1 Å². The lowest BCUT2D eigenvalue weighted by Gasteiger charge is -2.37. The van der Waals surface area contributed by atoms with Crippen LogP contribution < -0.4 is 5.32 Å². The Hall–Kier alpha value is -0.840. The molecule has 0 aromatic carbocycles. The number of nitrogens with one attached hydrogen (secondary N) is 1. The molecule has 2 fully saturated rings. The summed E-state index contributed by atoms with van der Waals surface area (Å²) in [7, 11) is 0. The summed E-state index contributed by atoms with van der Waals surface area (Å²) in [6.45, 7) is 4.30. The summed E-state index contributed by atoms with van der Waals surface area (Å²) in [5, 5.41) is 2.86. The number of rotatable bonds is 3. The van der Waals surface area contributed by atoms with Crippen LogP contribution in [0.5, 0.6) is 0 Å². The van der Waals surface area contributed by atoms with E-state index in [2.05, 4.69) is 27.8 Å². The van der Waals surface area contributed by atoms with Crippen LogP contribution in [0.4, 0.5) is 0 Å². The lowest BCUT2D eigenvalue weighted by molar-refractivity contribution is -0.145. The molecule has 0 aromatic heterocycles. The Morgan fingerprint density at radius 2 is 2.00 bits per heavy atom. The SMILES string of the molecule is C=C(Br)CN1CC(=O)NC(C2CCCCC2)C1=O. The van der Waals surface area contributed by atoms with Crippen molar-refractivity contribution in [3.63, 3.8) is 0 Å². The summed E-state index contributed by atoms with van der Waals surface area (Å²) in [4.78, 5) is 25.7. The van der Waals surface area contributed by atoms with Gasteiger partial charge in [-0.3, -0.25) is 9.59 Å². The lowest BCUT2D eigenvalue weighted by atomic mass is 9.82. The Balaban J connectivity index is 2.06. The molecule has 1 aliphatic heterocycles. The van der Waals surface area contributed by atoms with Gasteiger partial charge in [-0.1, -0.05) is 41.8 Å². The van der Waals surface area contributed by atoms with Crippen LogP contribution in [0.3, 0.4) is 0 Å². The number of piperazine rings is 1. The minimum Gasteiger partial charge on any atom is -0.342 e. The maximum Gasteiger partial charge on any atom is 0.246 e. The molecule has 1 unspecified atom stereocenters. The van der Waals surface area contributed by atoms with Gasteiger partial charge in [0.2, 0.25) is 11.8 Å². The smallest absolute Gasteiger partial charge is 0.246 e. The molecule has 0 bridgehead atoms. The number of hydrogen-bond acceptors (Lipinski definition) is 2. The molecule has 1 N–H and O–H groups in total. The summed E-state index contributed by atoms with van der Waals surface area (Å²) >= 11 is 3.25. The van der Waals surface area contributed by atoms with Gasteiger partial charge in [0, 0.05) is 4.48 Å². The number of carbonyl (C=O) groups excluding carboxylic acids is 2. The van der Waals surface area contributed by atoms with Gasteiger partial charge in [-0.25, -0.2) is 0 Å².